The number of halogens is 1. The van der Waals surface area contributed by atoms with E-state index < -0.39 is 5.82 Å². The lowest BCUT2D eigenvalue weighted by molar-refractivity contribution is -0.139. The maximum absolute atomic E-state index is 14.1. The number of methoxy groups -OCH3 is 2. The number of hydrogen-bond acceptors (Lipinski definition) is 5. The number of aromatic nitrogens is 2. The zero-order valence-electron chi connectivity index (χ0n) is 18.6. The van der Waals surface area contributed by atoms with Crippen LogP contribution in [0.25, 0.3) is 11.3 Å². The number of hydrogen-bond donors (Lipinski definition) is 0. The van der Waals surface area contributed by atoms with Crippen LogP contribution in [-0.4, -0.2) is 54.0 Å². The van der Waals surface area contributed by atoms with Crippen LogP contribution in [0.3, 0.4) is 0 Å². The molecule has 1 saturated heterocycles. The Labute approximate surface area is 187 Å². The Balaban J connectivity index is 1.44. The maximum atomic E-state index is 14.1. The summed E-state index contributed by atoms with van der Waals surface area (Å²) in [5.74, 6) is -0.0870. The van der Waals surface area contributed by atoms with E-state index in [1.165, 1.54) is 23.9 Å². The molecule has 2 fully saturated rings. The average Bonchev–Trinajstić information content (AvgIpc) is 2.84. The lowest BCUT2D eigenvalue weighted by Gasteiger charge is -2.36. The van der Waals surface area contributed by atoms with Crippen LogP contribution in [0.4, 0.5) is 4.39 Å². The first-order valence-corrected chi connectivity index (χ1v) is 11.3. The molecule has 1 amide bonds. The van der Waals surface area contributed by atoms with Gasteiger partial charge in [-0.25, -0.2) is 9.07 Å². The maximum Gasteiger partial charge on any atom is 0.267 e. The molecular formula is C24H30FN3O4. The van der Waals surface area contributed by atoms with E-state index in [1.807, 2.05) is 4.90 Å². The smallest absolute Gasteiger partial charge is 0.267 e. The van der Waals surface area contributed by atoms with Crippen LogP contribution in [0.15, 0.2) is 35.1 Å². The number of benzene rings is 1. The molecule has 2 atom stereocenters. The number of rotatable bonds is 5. The Bertz CT molecular complexity index is 1020. The van der Waals surface area contributed by atoms with Crippen LogP contribution in [-0.2, 0) is 9.53 Å². The van der Waals surface area contributed by atoms with Crippen LogP contribution in [0.1, 0.15) is 44.6 Å². The molecule has 0 unspecified atom stereocenters. The molecule has 1 aromatic heterocycles. The monoisotopic (exact) mass is 443 g/mol. The Kier molecular flexibility index (Phi) is 6.89. The summed E-state index contributed by atoms with van der Waals surface area (Å²) in [6, 6.07) is 7.61. The zero-order valence-corrected chi connectivity index (χ0v) is 18.6. The van der Waals surface area contributed by atoms with Crippen molar-refractivity contribution in [1.82, 2.24) is 14.7 Å². The topological polar surface area (TPSA) is 73.7 Å². The predicted octanol–water partition coefficient (Wildman–Crippen LogP) is 3.43. The SMILES string of the molecule is COc1ccc(-c2ccc(=O)n(C3CCN(C(=O)[C@@H]4CCC[C@H](OC)C4)CC3)n2)cc1F. The van der Waals surface area contributed by atoms with E-state index in [-0.39, 0.29) is 35.3 Å². The van der Waals surface area contributed by atoms with E-state index in [4.69, 9.17) is 9.47 Å². The summed E-state index contributed by atoms with van der Waals surface area (Å²) >= 11 is 0. The number of nitrogens with zero attached hydrogens (tertiary/aromatic N) is 3. The average molecular weight is 444 g/mol. The highest BCUT2D eigenvalue weighted by Gasteiger charge is 2.33. The number of carbonyl (C=O) groups excluding carboxylic acids is 1. The van der Waals surface area contributed by atoms with Crippen molar-refractivity contribution in [3.63, 3.8) is 0 Å². The summed E-state index contributed by atoms with van der Waals surface area (Å²) in [5, 5.41) is 4.52. The van der Waals surface area contributed by atoms with Gasteiger partial charge in [-0.3, -0.25) is 9.59 Å². The molecule has 4 rings (SSSR count). The third-order valence-corrected chi connectivity index (χ3v) is 6.70. The standard InChI is InChI=1S/C24H30FN3O4/c1-31-19-5-3-4-17(14-19)24(30)27-12-10-18(11-13-27)28-23(29)9-7-21(26-28)16-6-8-22(32-2)20(25)15-16/h6-9,15,17-19H,3-5,10-14H2,1-2H3/t17-,19+/m1/s1. The molecule has 2 heterocycles. The fraction of sp³-hybridized carbons (Fsp3) is 0.542. The summed E-state index contributed by atoms with van der Waals surface area (Å²) in [6.07, 6.45) is 5.24. The fourth-order valence-electron chi connectivity index (χ4n) is 4.84. The van der Waals surface area contributed by atoms with Crippen LogP contribution in [0.2, 0.25) is 0 Å². The second kappa shape index (κ2) is 9.81. The summed E-state index contributed by atoms with van der Waals surface area (Å²) < 4.78 is 26.0. The van der Waals surface area contributed by atoms with Crippen LogP contribution < -0.4 is 10.3 Å². The van der Waals surface area contributed by atoms with Crippen LogP contribution in [0, 0.1) is 11.7 Å². The van der Waals surface area contributed by atoms with Gasteiger partial charge in [-0.1, -0.05) is 6.42 Å². The van der Waals surface area contributed by atoms with Crippen molar-refractivity contribution in [2.75, 3.05) is 27.3 Å². The van der Waals surface area contributed by atoms with Gasteiger partial charge in [0.05, 0.1) is 24.9 Å². The second-order valence-corrected chi connectivity index (χ2v) is 8.63. The van der Waals surface area contributed by atoms with Crippen LogP contribution >= 0.6 is 0 Å². The van der Waals surface area contributed by atoms with E-state index in [2.05, 4.69) is 5.10 Å². The third kappa shape index (κ3) is 4.70. The highest BCUT2D eigenvalue weighted by molar-refractivity contribution is 5.79. The molecule has 1 aromatic carbocycles. The molecule has 32 heavy (non-hydrogen) atoms. The van der Waals surface area contributed by atoms with Gasteiger partial charge >= 0.3 is 0 Å². The van der Waals surface area contributed by atoms with Crippen LogP contribution in [0.5, 0.6) is 5.75 Å². The van der Waals surface area contributed by atoms with Crippen molar-refractivity contribution < 1.29 is 18.7 Å². The Morgan fingerprint density at radius 3 is 2.56 bits per heavy atom. The Morgan fingerprint density at radius 1 is 1.09 bits per heavy atom. The minimum Gasteiger partial charge on any atom is -0.494 e. The minimum atomic E-state index is -0.477. The van der Waals surface area contributed by atoms with Gasteiger partial charge in [0.15, 0.2) is 11.6 Å². The molecule has 8 heteroatoms. The van der Waals surface area contributed by atoms with Crippen molar-refractivity contribution >= 4 is 5.91 Å². The van der Waals surface area contributed by atoms with Gasteiger partial charge in [0.1, 0.15) is 0 Å². The van der Waals surface area contributed by atoms with Crippen molar-refractivity contribution in [2.45, 2.75) is 50.7 Å². The molecule has 1 aliphatic carbocycles. The van der Waals surface area contributed by atoms with Gasteiger partial charge in [0.25, 0.3) is 5.56 Å². The highest BCUT2D eigenvalue weighted by atomic mass is 19.1. The fourth-order valence-corrected chi connectivity index (χ4v) is 4.84. The Morgan fingerprint density at radius 2 is 1.88 bits per heavy atom. The third-order valence-electron chi connectivity index (χ3n) is 6.70. The van der Waals surface area contributed by atoms with E-state index >= 15 is 0 Å². The van der Waals surface area contributed by atoms with Crippen molar-refractivity contribution in [2.24, 2.45) is 5.92 Å². The lowest BCUT2D eigenvalue weighted by atomic mass is 9.85. The summed E-state index contributed by atoms with van der Waals surface area (Å²) in [5.41, 5.74) is 0.912. The molecule has 172 valence electrons. The summed E-state index contributed by atoms with van der Waals surface area (Å²) in [4.78, 5) is 27.4. The zero-order chi connectivity index (χ0) is 22.7. The number of amides is 1. The van der Waals surface area contributed by atoms with Gasteiger partial charge in [0, 0.05) is 37.7 Å². The highest BCUT2D eigenvalue weighted by Crippen LogP contribution is 2.30. The normalized spacial score (nSPS) is 22.0. The number of piperidine rings is 1. The van der Waals surface area contributed by atoms with Crippen molar-refractivity contribution in [3.05, 3.63) is 46.5 Å². The number of ether oxygens (including phenoxy) is 2. The molecule has 1 aliphatic heterocycles. The summed E-state index contributed by atoms with van der Waals surface area (Å²) in [6.45, 7) is 1.21. The first-order chi connectivity index (χ1) is 15.5. The van der Waals surface area contributed by atoms with E-state index in [9.17, 15) is 14.0 Å². The van der Waals surface area contributed by atoms with E-state index in [0.717, 1.165) is 25.7 Å². The predicted molar refractivity (Wildman–Crippen MR) is 118 cm³/mol. The molecule has 0 bridgehead atoms. The first kappa shape index (κ1) is 22.5. The van der Waals surface area contributed by atoms with Gasteiger partial charge in [-0.05, 0) is 56.4 Å². The lowest BCUT2D eigenvalue weighted by Crippen LogP contribution is -2.45. The Hall–Kier alpha value is -2.74. The second-order valence-electron chi connectivity index (χ2n) is 8.63. The first-order valence-electron chi connectivity index (χ1n) is 11.3. The van der Waals surface area contributed by atoms with Gasteiger partial charge < -0.3 is 14.4 Å². The molecule has 2 aliphatic rings. The molecule has 0 radical (unpaired) electrons. The van der Waals surface area contributed by atoms with Gasteiger partial charge in [0.2, 0.25) is 5.91 Å². The van der Waals surface area contributed by atoms with Crippen molar-refractivity contribution in [1.29, 1.82) is 0 Å². The molecular weight excluding hydrogens is 413 g/mol. The minimum absolute atomic E-state index is 0.0272. The molecule has 1 saturated carbocycles. The number of carbonyl (C=O) groups is 1. The van der Waals surface area contributed by atoms with E-state index in [0.29, 0.717) is 37.2 Å². The van der Waals surface area contributed by atoms with E-state index in [1.54, 1.807) is 25.3 Å². The molecule has 0 spiro atoms. The van der Waals surface area contributed by atoms with Gasteiger partial charge in [-0.15, -0.1) is 0 Å². The molecule has 7 nitrogen and oxygen atoms in total. The largest absolute Gasteiger partial charge is 0.494 e. The molecule has 2 aromatic rings. The molecule has 0 N–H and O–H groups in total. The summed E-state index contributed by atoms with van der Waals surface area (Å²) in [7, 11) is 3.12. The number of likely N-dealkylation sites (tertiary alicyclic amines) is 1. The van der Waals surface area contributed by atoms with Crippen molar-refractivity contribution in [3.8, 4) is 17.0 Å². The quantitative estimate of drug-likeness (QED) is 0.708. The van der Waals surface area contributed by atoms with Gasteiger partial charge in [-0.2, -0.15) is 5.10 Å².